The number of carbonyl (C=O) groups excluding carboxylic acids is 1. The van der Waals surface area contributed by atoms with Crippen molar-refractivity contribution in [1.29, 1.82) is 0 Å². The molecule has 0 saturated carbocycles. The zero-order chi connectivity index (χ0) is 39.7. The van der Waals surface area contributed by atoms with E-state index >= 15 is 0 Å². The van der Waals surface area contributed by atoms with E-state index in [-0.39, 0.29) is 19.6 Å². The van der Waals surface area contributed by atoms with E-state index in [0.29, 0.717) is 13.0 Å². The van der Waals surface area contributed by atoms with E-state index in [1.165, 1.54) is 32.1 Å². The van der Waals surface area contributed by atoms with E-state index in [1.54, 1.807) is 0 Å². The van der Waals surface area contributed by atoms with Crippen LogP contribution in [0.25, 0.3) is 0 Å². The van der Waals surface area contributed by atoms with Gasteiger partial charge in [0.15, 0.2) is 6.29 Å². The molecular formula is C41H68O12S. The Balaban J connectivity index is 2.53. The number of rotatable bonds is 32. The normalized spacial score (nSPS) is 21.9. The zero-order valence-corrected chi connectivity index (χ0v) is 33.3. The Morgan fingerprint density at radius 1 is 0.722 bits per heavy atom. The van der Waals surface area contributed by atoms with Gasteiger partial charge in [0.2, 0.25) is 0 Å². The molecule has 0 aromatic heterocycles. The molecular weight excluding hydrogens is 717 g/mol. The first kappa shape index (κ1) is 49.6. The van der Waals surface area contributed by atoms with Gasteiger partial charge >= 0.3 is 16.4 Å². The molecule has 0 amide bonds. The summed E-state index contributed by atoms with van der Waals surface area (Å²) in [4.78, 5) is 12.7. The summed E-state index contributed by atoms with van der Waals surface area (Å²) in [5, 5.41) is 30.5. The summed E-state index contributed by atoms with van der Waals surface area (Å²) in [5.41, 5.74) is 0. The summed E-state index contributed by atoms with van der Waals surface area (Å²) in [6.07, 6.45) is 31.1. The third kappa shape index (κ3) is 26.4. The molecule has 0 radical (unpaired) electrons. The van der Waals surface area contributed by atoms with Crippen LogP contribution in [0.15, 0.2) is 72.9 Å². The van der Waals surface area contributed by atoms with Gasteiger partial charge < -0.3 is 34.3 Å². The molecule has 1 aliphatic heterocycles. The summed E-state index contributed by atoms with van der Waals surface area (Å²) in [6.45, 7) is 3.71. The lowest BCUT2D eigenvalue weighted by molar-refractivity contribution is -0.301. The topological polar surface area (TPSA) is 178 Å². The van der Waals surface area contributed by atoms with Gasteiger partial charge in [-0.3, -0.25) is 9.35 Å². The smallest absolute Gasteiger partial charge is 0.397 e. The Kier molecular flexibility index (Phi) is 30.1. The van der Waals surface area contributed by atoms with E-state index in [9.17, 15) is 28.5 Å². The largest absolute Gasteiger partial charge is 0.457 e. The fraction of sp³-hybridized carbons (Fsp3) is 0.683. The van der Waals surface area contributed by atoms with E-state index in [1.807, 2.05) is 12.2 Å². The van der Waals surface area contributed by atoms with E-state index in [4.69, 9.17) is 23.5 Å². The highest BCUT2D eigenvalue weighted by molar-refractivity contribution is 7.80. The second kappa shape index (κ2) is 32.8. The number of hydrogen-bond acceptors (Lipinski definition) is 11. The van der Waals surface area contributed by atoms with Gasteiger partial charge in [-0.15, -0.1) is 0 Å². The summed E-state index contributed by atoms with van der Waals surface area (Å²) in [5.74, 6) is -0.486. The van der Waals surface area contributed by atoms with Crippen molar-refractivity contribution in [3.63, 3.8) is 0 Å². The van der Waals surface area contributed by atoms with Crippen molar-refractivity contribution in [2.45, 2.75) is 153 Å². The van der Waals surface area contributed by atoms with Crippen molar-refractivity contribution in [3.8, 4) is 0 Å². The van der Waals surface area contributed by atoms with Crippen LogP contribution in [-0.2, 0) is 38.3 Å². The van der Waals surface area contributed by atoms with Gasteiger partial charge in [0.05, 0.1) is 19.8 Å². The summed E-state index contributed by atoms with van der Waals surface area (Å²) < 4.78 is 58.6. The highest BCUT2D eigenvalue weighted by atomic mass is 32.3. The highest BCUT2D eigenvalue weighted by Crippen LogP contribution is 2.26. The summed E-state index contributed by atoms with van der Waals surface area (Å²) >= 11 is 0. The van der Waals surface area contributed by atoms with E-state index in [2.05, 4.69) is 78.8 Å². The minimum Gasteiger partial charge on any atom is -0.457 e. The molecule has 1 rings (SSSR count). The van der Waals surface area contributed by atoms with Crippen LogP contribution in [0.2, 0.25) is 0 Å². The zero-order valence-electron chi connectivity index (χ0n) is 32.5. The van der Waals surface area contributed by atoms with Gasteiger partial charge in [-0.25, -0.2) is 4.18 Å². The number of carbonyl (C=O) groups is 1. The van der Waals surface area contributed by atoms with Gasteiger partial charge in [0.1, 0.15) is 30.5 Å². The third-order valence-electron chi connectivity index (χ3n) is 8.36. The van der Waals surface area contributed by atoms with Crippen molar-refractivity contribution in [3.05, 3.63) is 72.9 Å². The van der Waals surface area contributed by atoms with Crippen molar-refractivity contribution in [1.82, 2.24) is 0 Å². The number of esters is 1. The predicted molar refractivity (Wildman–Crippen MR) is 211 cm³/mol. The molecule has 1 aliphatic rings. The molecule has 1 fully saturated rings. The van der Waals surface area contributed by atoms with Crippen LogP contribution in [-0.4, -0.2) is 97.5 Å². The molecule has 6 unspecified atom stereocenters. The van der Waals surface area contributed by atoms with Crippen molar-refractivity contribution < 1.29 is 56.2 Å². The quantitative estimate of drug-likeness (QED) is 0.0234. The highest BCUT2D eigenvalue weighted by Gasteiger charge is 2.48. The summed E-state index contributed by atoms with van der Waals surface area (Å²) in [7, 11) is -5.07. The van der Waals surface area contributed by atoms with Crippen LogP contribution < -0.4 is 0 Å². The molecule has 12 nitrogen and oxygen atoms in total. The molecule has 0 bridgehead atoms. The monoisotopic (exact) mass is 784 g/mol. The number of aliphatic hydroxyl groups excluding tert-OH is 3. The van der Waals surface area contributed by atoms with Crippen LogP contribution in [0.1, 0.15) is 117 Å². The Bertz CT molecular complexity index is 1230. The molecule has 6 atom stereocenters. The number of aliphatic hydroxyl groups is 3. The van der Waals surface area contributed by atoms with Gasteiger partial charge in [-0.05, 0) is 51.4 Å². The first-order chi connectivity index (χ1) is 26.1. The standard InChI is InChI=1S/C41H68O12S/c1-3-5-7-9-11-13-14-15-16-17-18-19-20-21-22-23-24-26-28-30-37(43)51-35(33-49-31-29-27-25-12-10-8-6-4-2)34-50-41-39(45)40(53-54(46,47)48)38(44)36(32-42)52-41/h5,7,11,13,15-16,18-19,21-22,24,26,35-36,38-42,44-45H,3-4,6,8-10,12,14,17,20,23,25,27-34H2,1-2H3,(H,46,47,48)/b7-5-,13-11-,16-15-,19-18-,22-21-,26-24-. The molecule has 1 saturated heterocycles. The first-order valence-electron chi connectivity index (χ1n) is 19.7. The second-order valence-electron chi connectivity index (χ2n) is 13.1. The van der Waals surface area contributed by atoms with E-state index < -0.39 is 59.8 Å². The SMILES string of the molecule is CC/C=C\C/C=C\C/C=C\C/C=C\C/C=C\C/C=C\CCC(=O)OC(COCCCCCCCCCC)COC1OC(CO)C(O)C(OS(=O)(=O)O)C1O. The second-order valence-corrected chi connectivity index (χ2v) is 14.2. The minimum atomic E-state index is -5.07. The lowest BCUT2D eigenvalue weighted by atomic mass is 9.99. The Hall–Kier alpha value is -2.46. The van der Waals surface area contributed by atoms with E-state index in [0.717, 1.165) is 57.8 Å². The van der Waals surface area contributed by atoms with Gasteiger partial charge in [-0.1, -0.05) is 132 Å². The average Bonchev–Trinajstić information content (AvgIpc) is 3.14. The maximum Gasteiger partial charge on any atom is 0.397 e. The fourth-order valence-electron chi connectivity index (χ4n) is 5.40. The van der Waals surface area contributed by atoms with Crippen molar-refractivity contribution in [2.24, 2.45) is 0 Å². The Morgan fingerprint density at radius 2 is 1.24 bits per heavy atom. The van der Waals surface area contributed by atoms with Gasteiger partial charge in [0, 0.05) is 13.0 Å². The van der Waals surface area contributed by atoms with Gasteiger partial charge in [0.25, 0.3) is 0 Å². The Morgan fingerprint density at radius 3 is 1.76 bits per heavy atom. The van der Waals surface area contributed by atoms with Crippen LogP contribution in [0.4, 0.5) is 0 Å². The third-order valence-corrected chi connectivity index (χ3v) is 8.82. The van der Waals surface area contributed by atoms with Crippen LogP contribution >= 0.6 is 0 Å². The molecule has 0 aliphatic carbocycles. The number of allylic oxidation sites excluding steroid dienone is 12. The number of unbranched alkanes of at least 4 members (excludes halogenated alkanes) is 7. The maximum atomic E-state index is 12.7. The van der Waals surface area contributed by atoms with Gasteiger partial charge in [-0.2, -0.15) is 8.42 Å². The molecule has 1 heterocycles. The predicted octanol–water partition coefficient (Wildman–Crippen LogP) is 7.18. The lowest BCUT2D eigenvalue weighted by Crippen LogP contribution is -2.60. The number of ether oxygens (including phenoxy) is 4. The molecule has 0 spiro atoms. The lowest BCUT2D eigenvalue weighted by Gasteiger charge is -2.41. The molecule has 0 aromatic carbocycles. The van der Waals surface area contributed by atoms with Crippen molar-refractivity contribution in [2.75, 3.05) is 26.4 Å². The molecule has 4 N–H and O–H groups in total. The number of hydrogen-bond donors (Lipinski definition) is 4. The maximum absolute atomic E-state index is 12.7. The van der Waals surface area contributed by atoms with Crippen LogP contribution in [0.3, 0.4) is 0 Å². The molecule has 13 heteroatoms. The first-order valence-corrected chi connectivity index (χ1v) is 21.1. The Labute approximate surface area is 324 Å². The van der Waals surface area contributed by atoms with Crippen LogP contribution in [0, 0.1) is 0 Å². The molecule has 54 heavy (non-hydrogen) atoms. The van der Waals surface area contributed by atoms with Crippen molar-refractivity contribution >= 4 is 16.4 Å². The molecule has 310 valence electrons. The van der Waals surface area contributed by atoms with Crippen LogP contribution in [0.5, 0.6) is 0 Å². The summed E-state index contributed by atoms with van der Waals surface area (Å²) in [6, 6.07) is 0. The average molecular weight is 785 g/mol. The molecule has 0 aromatic rings. The minimum absolute atomic E-state index is 0.00195. The fourth-order valence-corrected chi connectivity index (χ4v) is 5.91.